The molecule has 5 rings (SSSR count). The quantitative estimate of drug-likeness (QED) is 0.522. The van der Waals surface area contributed by atoms with Crippen molar-refractivity contribution in [2.24, 2.45) is 0 Å². The molecule has 0 bridgehead atoms. The number of hydrogen-bond donors (Lipinski definition) is 1. The molecule has 32 heavy (non-hydrogen) atoms. The molecule has 7 nitrogen and oxygen atoms in total. The Morgan fingerprint density at radius 2 is 1.75 bits per heavy atom. The summed E-state index contributed by atoms with van der Waals surface area (Å²) in [4.78, 5) is 29.3. The summed E-state index contributed by atoms with van der Waals surface area (Å²) in [6.07, 6.45) is 2.35. The van der Waals surface area contributed by atoms with Gasteiger partial charge in [-0.3, -0.25) is 4.79 Å². The molecule has 0 unspecified atom stereocenters. The van der Waals surface area contributed by atoms with Crippen molar-refractivity contribution in [3.8, 4) is 11.6 Å². The number of aromatic nitrogens is 3. The third-order valence-electron chi connectivity index (χ3n) is 5.74. The number of para-hydroxylation sites is 2. The van der Waals surface area contributed by atoms with Gasteiger partial charge in [-0.2, -0.15) is 4.98 Å². The highest BCUT2D eigenvalue weighted by Crippen LogP contribution is 2.24. The predicted molar refractivity (Wildman–Crippen MR) is 124 cm³/mol. The van der Waals surface area contributed by atoms with Gasteiger partial charge < -0.3 is 19.5 Å². The molecule has 2 aromatic carbocycles. The van der Waals surface area contributed by atoms with Crippen LogP contribution in [0.15, 0.2) is 66.9 Å². The number of benzene rings is 2. The van der Waals surface area contributed by atoms with Gasteiger partial charge in [-0.05, 0) is 30.7 Å². The number of piperazine rings is 1. The van der Waals surface area contributed by atoms with Crippen molar-refractivity contribution in [1.82, 2.24) is 19.9 Å². The maximum Gasteiger partial charge on any atom is 0.227 e. The number of aryl methyl sites for hydroxylation is 1. The number of nitrogens with one attached hydrogen (secondary N) is 1. The van der Waals surface area contributed by atoms with E-state index >= 15 is 0 Å². The minimum Gasteiger partial charge on any atom is -0.439 e. The molecule has 3 heterocycles. The van der Waals surface area contributed by atoms with E-state index in [2.05, 4.69) is 25.9 Å². The van der Waals surface area contributed by atoms with E-state index < -0.39 is 0 Å². The smallest absolute Gasteiger partial charge is 0.227 e. The van der Waals surface area contributed by atoms with Crippen molar-refractivity contribution >= 4 is 22.6 Å². The minimum atomic E-state index is 0.154. The largest absolute Gasteiger partial charge is 0.439 e. The Morgan fingerprint density at radius 3 is 2.56 bits per heavy atom. The predicted octanol–water partition coefficient (Wildman–Crippen LogP) is 3.95. The number of hydrogen-bond acceptors (Lipinski definition) is 5. The van der Waals surface area contributed by atoms with Crippen molar-refractivity contribution in [3.05, 3.63) is 78.2 Å². The number of carbonyl (C=O) groups is 1. The van der Waals surface area contributed by atoms with Crippen molar-refractivity contribution in [2.45, 2.75) is 13.3 Å². The van der Waals surface area contributed by atoms with Gasteiger partial charge in [-0.1, -0.05) is 36.4 Å². The molecular formula is C25H25N5O2. The first-order valence-corrected chi connectivity index (χ1v) is 10.8. The number of nitrogens with zero attached hydrogens (tertiary/aromatic N) is 4. The highest BCUT2D eigenvalue weighted by molar-refractivity contribution is 5.89. The summed E-state index contributed by atoms with van der Waals surface area (Å²) >= 11 is 0. The maximum atomic E-state index is 12.9. The lowest BCUT2D eigenvalue weighted by Gasteiger charge is -2.35. The number of H-pyrrole nitrogens is 1. The van der Waals surface area contributed by atoms with E-state index in [1.807, 2.05) is 72.6 Å². The summed E-state index contributed by atoms with van der Waals surface area (Å²) in [5, 5.41) is 1.11. The van der Waals surface area contributed by atoms with Gasteiger partial charge in [0.1, 0.15) is 17.4 Å². The molecule has 1 fully saturated rings. The fourth-order valence-electron chi connectivity index (χ4n) is 4.09. The summed E-state index contributed by atoms with van der Waals surface area (Å²) < 4.78 is 5.90. The molecule has 7 heteroatoms. The molecule has 1 saturated heterocycles. The molecule has 1 aliphatic rings. The number of ether oxygens (including phenoxy) is 1. The lowest BCUT2D eigenvalue weighted by molar-refractivity contribution is -0.130. The summed E-state index contributed by atoms with van der Waals surface area (Å²) in [6.45, 7) is 4.64. The summed E-state index contributed by atoms with van der Waals surface area (Å²) in [6, 6.07) is 19.5. The Morgan fingerprint density at radius 1 is 1.00 bits per heavy atom. The van der Waals surface area contributed by atoms with E-state index in [4.69, 9.17) is 4.74 Å². The van der Waals surface area contributed by atoms with Gasteiger partial charge in [0.2, 0.25) is 11.8 Å². The second-order valence-corrected chi connectivity index (χ2v) is 7.93. The fourth-order valence-corrected chi connectivity index (χ4v) is 4.09. The van der Waals surface area contributed by atoms with Crippen molar-refractivity contribution in [1.29, 1.82) is 0 Å². The second kappa shape index (κ2) is 8.70. The SMILES string of the molecule is Cc1nc(Oc2ccccc2)cc(N2CCN(C(=O)Cc3c[nH]c4ccccc34)CC2)n1. The zero-order valence-corrected chi connectivity index (χ0v) is 18.0. The lowest BCUT2D eigenvalue weighted by atomic mass is 10.1. The average Bonchev–Trinajstić information content (AvgIpc) is 3.22. The first kappa shape index (κ1) is 20.1. The van der Waals surface area contributed by atoms with Gasteiger partial charge in [0, 0.05) is 49.3 Å². The van der Waals surface area contributed by atoms with E-state index in [1.165, 1.54) is 0 Å². The van der Waals surface area contributed by atoms with Gasteiger partial charge in [-0.25, -0.2) is 4.98 Å². The summed E-state index contributed by atoms with van der Waals surface area (Å²) in [5.41, 5.74) is 2.11. The number of anilines is 1. The van der Waals surface area contributed by atoms with E-state index in [0.717, 1.165) is 41.1 Å². The molecule has 1 N–H and O–H groups in total. The van der Waals surface area contributed by atoms with Gasteiger partial charge in [0.15, 0.2) is 0 Å². The molecular weight excluding hydrogens is 402 g/mol. The first-order valence-electron chi connectivity index (χ1n) is 10.8. The summed E-state index contributed by atoms with van der Waals surface area (Å²) in [7, 11) is 0. The number of amides is 1. The van der Waals surface area contributed by atoms with Crippen LogP contribution in [-0.2, 0) is 11.2 Å². The zero-order chi connectivity index (χ0) is 21.9. The number of rotatable bonds is 5. The van der Waals surface area contributed by atoms with Crippen LogP contribution in [0.4, 0.5) is 5.82 Å². The highest BCUT2D eigenvalue weighted by atomic mass is 16.5. The minimum absolute atomic E-state index is 0.154. The lowest BCUT2D eigenvalue weighted by Crippen LogP contribution is -2.49. The molecule has 0 aliphatic carbocycles. The molecule has 162 valence electrons. The third-order valence-corrected chi connectivity index (χ3v) is 5.74. The highest BCUT2D eigenvalue weighted by Gasteiger charge is 2.23. The second-order valence-electron chi connectivity index (χ2n) is 7.93. The van der Waals surface area contributed by atoms with Gasteiger partial charge in [0.05, 0.1) is 6.42 Å². The Balaban J connectivity index is 1.23. The molecule has 0 atom stereocenters. The molecule has 1 aliphatic heterocycles. The average molecular weight is 428 g/mol. The van der Waals surface area contributed by atoms with Crippen molar-refractivity contribution in [3.63, 3.8) is 0 Å². The van der Waals surface area contributed by atoms with Gasteiger partial charge in [0.25, 0.3) is 0 Å². The molecule has 4 aromatic rings. The summed E-state index contributed by atoms with van der Waals surface area (Å²) in [5.74, 6) is 2.90. The van der Waals surface area contributed by atoms with Crippen molar-refractivity contribution < 1.29 is 9.53 Å². The monoisotopic (exact) mass is 427 g/mol. The van der Waals surface area contributed by atoms with E-state index in [0.29, 0.717) is 31.2 Å². The molecule has 1 amide bonds. The van der Waals surface area contributed by atoms with Crippen LogP contribution in [0.1, 0.15) is 11.4 Å². The molecule has 0 spiro atoms. The Kier molecular flexibility index (Phi) is 5.46. The Labute approximate surface area is 186 Å². The van der Waals surface area contributed by atoms with Crippen LogP contribution in [0.3, 0.4) is 0 Å². The topological polar surface area (TPSA) is 74.3 Å². The van der Waals surface area contributed by atoms with Crippen LogP contribution >= 0.6 is 0 Å². The van der Waals surface area contributed by atoms with E-state index in [-0.39, 0.29) is 5.91 Å². The molecule has 0 saturated carbocycles. The normalized spacial score (nSPS) is 14.0. The van der Waals surface area contributed by atoms with Crippen LogP contribution in [0.25, 0.3) is 10.9 Å². The van der Waals surface area contributed by atoms with Crippen LogP contribution < -0.4 is 9.64 Å². The number of carbonyl (C=O) groups excluding carboxylic acids is 1. The zero-order valence-electron chi connectivity index (χ0n) is 18.0. The standard InChI is InChI=1S/C25H25N5O2/c1-18-27-23(16-24(28-18)32-20-7-3-2-4-8-20)29-11-13-30(14-12-29)25(31)15-19-17-26-22-10-6-5-9-21(19)22/h2-10,16-17,26H,11-15H2,1H3. The van der Waals surface area contributed by atoms with Crippen LogP contribution in [0, 0.1) is 6.92 Å². The Hall–Kier alpha value is -3.87. The molecule has 2 aromatic heterocycles. The van der Waals surface area contributed by atoms with Crippen LogP contribution in [0.2, 0.25) is 0 Å². The van der Waals surface area contributed by atoms with E-state index in [9.17, 15) is 4.79 Å². The van der Waals surface area contributed by atoms with Crippen LogP contribution in [-0.4, -0.2) is 51.9 Å². The van der Waals surface area contributed by atoms with E-state index in [1.54, 1.807) is 0 Å². The molecule has 0 radical (unpaired) electrons. The first-order chi connectivity index (χ1) is 15.7. The van der Waals surface area contributed by atoms with Crippen molar-refractivity contribution in [2.75, 3.05) is 31.1 Å². The number of aromatic amines is 1. The Bertz CT molecular complexity index is 1230. The van der Waals surface area contributed by atoms with Gasteiger partial charge >= 0.3 is 0 Å². The van der Waals surface area contributed by atoms with Gasteiger partial charge in [-0.15, -0.1) is 0 Å². The maximum absolute atomic E-state index is 12.9. The van der Waals surface area contributed by atoms with Crippen LogP contribution in [0.5, 0.6) is 11.6 Å². The fraction of sp³-hybridized carbons (Fsp3) is 0.240. The number of fused-ring (bicyclic) bond motifs is 1. The third kappa shape index (κ3) is 4.27.